The number of hydrogen-bond donors (Lipinski definition) is 0. The van der Waals surface area contributed by atoms with E-state index in [2.05, 4.69) is 10.1 Å². The van der Waals surface area contributed by atoms with Crippen molar-refractivity contribution in [3.63, 3.8) is 0 Å². The van der Waals surface area contributed by atoms with Crippen molar-refractivity contribution >= 4 is 32.6 Å². The Labute approximate surface area is 206 Å². The first-order valence-electron chi connectivity index (χ1n) is 10.9. The van der Waals surface area contributed by atoms with Gasteiger partial charge in [-0.15, -0.1) is 0 Å². The molecule has 8 nitrogen and oxygen atoms in total. The summed E-state index contributed by atoms with van der Waals surface area (Å²) in [5, 5.41) is 5.00. The summed E-state index contributed by atoms with van der Waals surface area (Å²) < 4.78 is 13.6. The Morgan fingerprint density at radius 2 is 1.74 bits per heavy atom. The normalized spacial score (nSPS) is 10.9. The Kier molecular flexibility index (Phi) is 6.15. The number of ether oxygens (including phenoxy) is 2. The van der Waals surface area contributed by atoms with Gasteiger partial charge in [-0.1, -0.05) is 35.6 Å². The quantitative estimate of drug-likeness (QED) is 0.321. The highest BCUT2D eigenvalue weighted by molar-refractivity contribution is 7.22. The number of fused-ring (bicyclic) bond motifs is 1. The standard InChI is InChI=1S/C26H23N5O3S/c1-17-20(15-28-31(17)19-10-5-4-6-11-19)25(32)30(16-18-9-7-8-14-27-18)26-29-23-21(33-2)12-13-22(34-3)24(23)35-26/h4-15H,16H2,1-3H3. The van der Waals surface area contributed by atoms with Gasteiger partial charge in [-0.05, 0) is 43.3 Å². The predicted octanol–water partition coefficient (Wildman–Crippen LogP) is 5.05. The topological polar surface area (TPSA) is 82.4 Å². The van der Waals surface area contributed by atoms with Crippen molar-refractivity contribution in [3.05, 3.63) is 90.0 Å². The van der Waals surface area contributed by atoms with Gasteiger partial charge >= 0.3 is 0 Å². The minimum absolute atomic E-state index is 0.215. The molecule has 0 aliphatic carbocycles. The summed E-state index contributed by atoms with van der Waals surface area (Å²) in [6.45, 7) is 2.14. The van der Waals surface area contributed by atoms with Gasteiger partial charge in [0.2, 0.25) is 0 Å². The van der Waals surface area contributed by atoms with Gasteiger partial charge in [-0.3, -0.25) is 14.7 Å². The summed E-state index contributed by atoms with van der Waals surface area (Å²) in [6, 6.07) is 19.0. The van der Waals surface area contributed by atoms with Crippen LogP contribution < -0.4 is 14.4 Å². The van der Waals surface area contributed by atoms with Gasteiger partial charge in [0.05, 0.1) is 49.6 Å². The number of rotatable bonds is 7. The van der Waals surface area contributed by atoms with Crippen LogP contribution in [0.5, 0.6) is 11.5 Å². The summed E-state index contributed by atoms with van der Waals surface area (Å²) in [5.41, 5.74) is 3.50. The smallest absolute Gasteiger partial charge is 0.263 e. The molecule has 0 saturated carbocycles. The van der Waals surface area contributed by atoms with Gasteiger partial charge in [0.15, 0.2) is 5.13 Å². The minimum Gasteiger partial charge on any atom is -0.495 e. The van der Waals surface area contributed by atoms with Gasteiger partial charge in [-0.25, -0.2) is 9.67 Å². The maximum atomic E-state index is 13.9. The number of methoxy groups -OCH3 is 2. The molecule has 2 aromatic carbocycles. The molecule has 0 unspecified atom stereocenters. The van der Waals surface area contributed by atoms with Crippen LogP contribution in [0, 0.1) is 6.92 Å². The third-order valence-electron chi connectivity index (χ3n) is 5.66. The third kappa shape index (κ3) is 4.22. The van der Waals surface area contributed by atoms with Gasteiger partial charge in [0, 0.05) is 6.20 Å². The molecular formula is C26H23N5O3S. The van der Waals surface area contributed by atoms with Crippen LogP contribution in [0.2, 0.25) is 0 Å². The first-order chi connectivity index (χ1) is 17.1. The molecule has 0 spiro atoms. The van der Waals surface area contributed by atoms with Crippen molar-refractivity contribution in [2.24, 2.45) is 0 Å². The van der Waals surface area contributed by atoms with Crippen molar-refractivity contribution in [3.8, 4) is 17.2 Å². The van der Waals surface area contributed by atoms with E-state index in [0.29, 0.717) is 27.7 Å². The first-order valence-corrected chi connectivity index (χ1v) is 11.8. The SMILES string of the molecule is COc1ccc(OC)c2sc(N(Cc3ccccn3)C(=O)c3cnn(-c4ccccc4)c3C)nc12. The number of pyridine rings is 1. The molecular weight excluding hydrogens is 462 g/mol. The maximum absolute atomic E-state index is 13.9. The van der Waals surface area contributed by atoms with Gasteiger partial charge < -0.3 is 9.47 Å². The Bertz CT molecular complexity index is 1440. The van der Waals surface area contributed by atoms with E-state index in [0.717, 1.165) is 21.8 Å². The van der Waals surface area contributed by atoms with E-state index >= 15 is 0 Å². The third-order valence-corrected chi connectivity index (χ3v) is 6.76. The maximum Gasteiger partial charge on any atom is 0.263 e. The monoisotopic (exact) mass is 485 g/mol. The number of para-hydroxylation sites is 1. The largest absolute Gasteiger partial charge is 0.495 e. The van der Waals surface area contributed by atoms with Crippen molar-refractivity contribution in [1.82, 2.24) is 19.7 Å². The molecule has 1 amide bonds. The van der Waals surface area contributed by atoms with Gasteiger partial charge in [0.25, 0.3) is 5.91 Å². The van der Waals surface area contributed by atoms with Crippen LogP contribution in [0.3, 0.4) is 0 Å². The van der Waals surface area contributed by atoms with Crippen LogP contribution in [0.1, 0.15) is 21.7 Å². The van der Waals surface area contributed by atoms with E-state index in [4.69, 9.17) is 14.5 Å². The first kappa shape index (κ1) is 22.5. The molecule has 0 saturated heterocycles. The van der Waals surface area contributed by atoms with Crippen LogP contribution in [0.15, 0.2) is 73.1 Å². The molecule has 0 aliphatic heterocycles. The molecule has 0 bridgehead atoms. The van der Waals surface area contributed by atoms with E-state index in [1.807, 2.05) is 67.6 Å². The second-order valence-electron chi connectivity index (χ2n) is 7.75. The fourth-order valence-corrected chi connectivity index (χ4v) is 4.94. The molecule has 3 heterocycles. The van der Waals surface area contributed by atoms with Crippen LogP contribution in [0.4, 0.5) is 5.13 Å². The highest BCUT2D eigenvalue weighted by Gasteiger charge is 2.27. The summed E-state index contributed by atoms with van der Waals surface area (Å²) in [5.74, 6) is 1.07. The minimum atomic E-state index is -0.215. The summed E-state index contributed by atoms with van der Waals surface area (Å²) in [4.78, 5) is 24.8. The molecule has 0 aliphatic rings. The summed E-state index contributed by atoms with van der Waals surface area (Å²) in [7, 11) is 3.21. The second-order valence-corrected chi connectivity index (χ2v) is 8.73. The van der Waals surface area contributed by atoms with Crippen LogP contribution >= 0.6 is 11.3 Å². The van der Waals surface area contributed by atoms with Gasteiger partial charge in [0.1, 0.15) is 21.7 Å². The lowest BCUT2D eigenvalue weighted by molar-refractivity contribution is 0.0984. The van der Waals surface area contributed by atoms with Crippen molar-refractivity contribution in [2.45, 2.75) is 13.5 Å². The second kappa shape index (κ2) is 9.55. The number of amides is 1. The molecule has 35 heavy (non-hydrogen) atoms. The Balaban J connectivity index is 1.61. The van der Waals surface area contributed by atoms with Gasteiger partial charge in [-0.2, -0.15) is 5.10 Å². The van der Waals surface area contributed by atoms with Crippen molar-refractivity contribution < 1.29 is 14.3 Å². The fraction of sp³-hybridized carbons (Fsp3) is 0.154. The zero-order valence-electron chi connectivity index (χ0n) is 19.5. The number of hydrogen-bond acceptors (Lipinski definition) is 7. The number of carbonyl (C=O) groups excluding carboxylic acids is 1. The van der Waals surface area contributed by atoms with Crippen molar-refractivity contribution in [2.75, 3.05) is 19.1 Å². The number of thiazole rings is 1. The predicted molar refractivity (Wildman–Crippen MR) is 136 cm³/mol. The van der Waals surface area contributed by atoms with Crippen LogP contribution in [0.25, 0.3) is 15.9 Å². The highest BCUT2D eigenvalue weighted by atomic mass is 32.1. The molecule has 9 heteroatoms. The highest BCUT2D eigenvalue weighted by Crippen LogP contribution is 2.40. The fourth-order valence-electron chi connectivity index (χ4n) is 3.86. The number of benzene rings is 2. The summed E-state index contributed by atoms with van der Waals surface area (Å²) in [6.07, 6.45) is 3.31. The average Bonchev–Trinajstić information content (AvgIpc) is 3.51. The van der Waals surface area contributed by atoms with E-state index in [9.17, 15) is 4.79 Å². The zero-order valence-corrected chi connectivity index (χ0v) is 20.3. The lowest BCUT2D eigenvalue weighted by Gasteiger charge is -2.19. The van der Waals surface area contributed by atoms with Crippen LogP contribution in [-0.2, 0) is 6.54 Å². The number of anilines is 1. The molecule has 5 aromatic rings. The van der Waals surface area contributed by atoms with E-state index in [1.165, 1.54) is 11.3 Å². The number of carbonyl (C=O) groups is 1. The lowest BCUT2D eigenvalue weighted by atomic mass is 10.2. The summed E-state index contributed by atoms with van der Waals surface area (Å²) >= 11 is 1.37. The van der Waals surface area contributed by atoms with E-state index in [-0.39, 0.29) is 12.5 Å². The van der Waals surface area contributed by atoms with E-state index < -0.39 is 0 Å². The molecule has 0 atom stereocenters. The lowest BCUT2D eigenvalue weighted by Crippen LogP contribution is -2.31. The Morgan fingerprint density at radius 3 is 2.46 bits per heavy atom. The number of aromatic nitrogens is 4. The molecule has 0 radical (unpaired) electrons. The number of nitrogens with zero attached hydrogens (tertiary/aromatic N) is 5. The Hall–Kier alpha value is -4.24. The molecule has 3 aromatic heterocycles. The molecule has 176 valence electrons. The average molecular weight is 486 g/mol. The Morgan fingerprint density at radius 1 is 1.00 bits per heavy atom. The molecule has 5 rings (SSSR count). The molecule has 0 fully saturated rings. The van der Waals surface area contributed by atoms with Crippen molar-refractivity contribution in [1.29, 1.82) is 0 Å². The zero-order chi connectivity index (χ0) is 24.4. The molecule has 0 N–H and O–H groups in total. The van der Waals surface area contributed by atoms with E-state index in [1.54, 1.807) is 36.2 Å². The van der Waals surface area contributed by atoms with Crippen LogP contribution in [-0.4, -0.2) is 39.9 Å².